The highest BCUT2D eigenvalue weighted by molar-refractivity contribution is 7.89. The number of hydrogen-bond donors (Lipinski definition) is 1. The van der Waals surface area contributed by atoms with Crippen LogP contribution < -0.4 is 14.8 Å². The molecule has 32 heavy (non-hydrogen) atoms. The van der Waals surface area contributed by atoms with Gasteiger partial charge in [-0.2, -0.15) is 4.31 Å². The van der Waals surface area contributed by atoms with E-state index in [4.69, 9.17) is 32.7 Å². The normalized spacial score (nSPS) is 18.2. The summed E-state index contributed by atoms with van der Waals surface area (Å²) in [5, 5.41) is 3.24. The van der Waals surface area contributed by atoms with E-state index in [1.165, 1.54) is 10.4 Å². The minimum atomic E-state index is -3.78. The summed E-state index contributed by atoms with van der Waals surface area (Å²) in [6.45, 7) is 3.41. The lowest BCUT2D eigenvalue weighted by atomic mass is 9.96. The van der Waals surface area contributed by atoms with Gasteiger partial charge in [0.25, 0.3) is 0 Å². The van der Waals surface area contributed by atoms with E-state index in [0.717, 1.165) is 5.56 Å². The molecule has 2 heterocycles. The lowest BCUT2D eigenvalue weighted by Crippen LogP contribution is -2.43. The van der Waals surface area contributed by atoms with Gasteiger partial charge in [-0.05, 0) is 49.6 Å². The molecule has 2 aromatic carbocycles. The third-order valence-corrected chi connectivity index (χ3v) is 8.66. The Kier molecular flexibility index (Phi) is 6.86. The van der Waals surface area contributed by atoms with Crippen molar-refractivity contribution in [3.8, 4) is 11.5 Å². The van der Waals surface area contributed by atoms with E-state index in [2.05, 4.69) is 5.32 Å². The minimum Gasteiger partial charge on any atom is -0.486 e. The molecule has 1 atom stereocenters. The number of amides is 1. The third kappa shape index (κ3) is 4.69. The van der Waals surface area contributed by atoms with E-state index >= 15 is 0 Å². The number of sulfonamides is 1. The van der Waals surface area contributed by atoms with Crippen molar-refractivity contribution in [2.75, 3.05) is 26.3 Å². The molecular weight excluding hydrogens is 475 g/mol. The average molecular weight is 499 g/mol. The number of halogens is 2. The maximum Gasteiger partial charge on any atom is 0.244 e. The summed E-state index contributed by atoms with van der Waals surface area (Å²) < 4.78 is 38.5. The standard InChI is InChI=1S/C22H24Cl2N2O5S/c1-14(16-5-6-18-19(13-16)31-12-11-30-18)25-22(27)15-7-9-26(10-8-15)32(28,29)20-4-2-3-17(23)21(20)24/h2-6,13-15H,7-12H2,1H3,(H,25,27)/t14-/m1/s1. The first-order valence-corrected chi connectivity index (χ1v) is 12.6. The summed E-state index contributed by atoms with van der Waals surface area (Å²) in [5.41, 5.74) is 0.915. The van der Waals surface area contributed by atoms with E-state index in [9.17, 15) is 13.2 Å². The molecule has 1 N–H and O–H groups in total. The molecule has 2 aliphatic heterocycles. The third-order valence-electron chi connectivity index (χ3n) is 5.78. The number of ether oxygens (including phenoxy) is 2. The van der Waals surface area contributed by atoms with Crippen molar-refractivity contribution < 1.29 is 22.7 Å². The fourth-order valence-corrected chi connectivity index (χ4v) is 6.13. The molecule has 0 radical (unpaired) electrons. The van der Waals surface area contributed by atoms with Crippen LogP contribution in [0, 0.1) is 5.92 Å². The van der Waals surface area contributed by atoms with Crippen LogP contribution in [0.2, 0.25) is 10.0 Å². The molecule has 10 heteroatoms. The largest absolute Gasteiger partial charge is 0.486 e. The van der Waals surface area contributed by atoms with Gasteiger partial charge in [-0.3, -0.25) is 4.79 Å². The van der Waals surface area contributed by atoms with Crippen molar-refractivity contribution in [3.63, 3.8) is 0 Å². The van der Waals surface area contributed by atoms with Gasteiger partial charge in [-0.25, -0.2) is 8.42 Å². The van der Waals surface area contributed by atoms with Crippen molar-refractivity contribution in [1.82, 2.24) is 9.62 Å². The van der Waals surface area contributed by atoms with Crippen LogP contribution in [0.3, 0.4) is 0 Å². The molecule has 1 fully saturated rings. The van der Waals surface area contributed by atoms with Crippen LogP contribution in [0.4, 0.5) is 0 Å². The number of benzene rings is 2. The van der Waals surface area contributed by atoms with Crippen LogP contribution in [0.25, 0.3) is 0 Å². The van der Waals surface area contributed by atoms with Gasteiger partial charge >= 0.3 is 0 Å². The fraction of sp³-hybridized carbons (Fsp3) is 0.409. The Hall–Kier alpha value is -2.00. The molecule has 0 saturated carbocycles. The number of nitrogens with one attached hydrogen (secondary N) is 1. The Balaban J connectivity index is 1.37. The number of carbonyl (C=O) groups is 1. The van der Waals surface area contributed by atoms with Crippen molar-refractivity contribution >= 4 is 39.1 Å². The van der Waals surface area contributed by atoms with E-state index in [0.29, 0.717) is 37.6 Å². The topological polar surface area (TPSA) is 84.9 Å². The highest BCUT2D eigenvalue weighted by atomic mass is 35.5. The summed E-state index contributed by atoms with van der Waals surface area (Å²) in [6, 6.07) is 9.95. The van der Waals surface area contributed by atoms with E-state index in [1.807, 2.05) is 25.1 Å². The number of fused-ring (bicyclic) bond motifs is 1. The first-order chi connectivity index (χ1) is 15.3. The lowest BCUT2D eigenvalue weighted by molar-refractivity contribution is -0.126. The molecule has 0 aliphatic carbocycles. The molecule has 0 unspecified atom stereocenters. The second-order valence-electron chi connectivity index (χ2n) is 7.86. The van der Waals surface area contributed by atoms with Crippen LogP contribution >= 0.6 is 23.2 Å². The van der Waals surface area contributed by atoms with E-state index < -0.39 is 10.0 Å². The van der Waals surface area contributed by atoms with Gasteiger partial charge in [-0.1, -0.05) is 35.3 Å². The van der Waals surface area contributed by atoms with Gasteiger partial charge in [0, 0.05) is 19.0 Å². The smallest absolute Gasteiger partial charge is 0.244 e. The molecule has 2 aliphatic rings. The predicted octanol–water partition coefficient (Wildman–Crippen LogP) is 4.04. The van der Waals surface area contributed by atoms with Crippen LogP contribution in [-0.2, 0) is 14.8 Å². The van der Waals surface area contributed by atoms with Crippen molar-refractivity contribution in [1.29, 1.82) is 0 Å². The first-order valence-electron chi connectivity index (χ1n) is 10.4. The molecule has 7 nitrogen and oxygen atoms in total. The zero-order chi connectivity index (χ0) is 22.9. The number of carbonyl (C=O) groups excluding carboxylic acids is 1. The Morgan fingerprint density at radius 1 is 1.09 bits per heavy atom. The minimum absolute atomic E-state index is 0.0122. The van der Waals surface area contributed by atoms with Gasteiger partial charge in [0.15, 0.2) is 11.5 Å². The highest BCUT2D eigenvalue weighted by Crippen LogP contribution is 2.34. The summed E-state index contributed by atoms with van der Waals surface area (Å²) in [5.74, 6) is 1.01. The monoisotopic (exact) mass is 498 g/mol. The van der Waals surface area contributed by atoms with Crippen molar-refractivity contribution in [3.05, 3.63) is 52.0 Å². The summed E-state index contributed by atoms with van der Waals surface area (Å²) in [7, 11) is -3.78. The number of rotatable bonds is 5. The van der Waals surface area contributed by atoms with Gasteiger partial charge in [0.05, 0.1) is 16.1 Å². The highest BCUT2D eigenvalue weighted by Gasteiger charge is 2.34. The van der Waals surface area contributed by atoms with Crippen LogP contribution in [0.15, 0.2) is 41.3 Å². The fourth-order valence-electron chi connectivity index (χ4n) is 3.92. The Labute approximate surface area is 197 Å². The average Bonchev–Trinajstić information content (AvgIpc) is 2.80. The number of nitrogens with zero attached hydrogens (tertiary/aromatic N) is 1. The maximum absolute atomic E-state index is 13.0. The zero-order valence-corrected chi connectivity index (χ0v) is 19.8. The van der Waals surface area contributed by atoms with Gasteiger partial charge < -0.3 is 14.8 Å². The van der Waals surface area contributed by atoms with Gasteiger partial charge in [0.2, 0.25) is 15.9 Å². The summed E-state index contributed by atoms with van der Waals surface area (Å²) >= 11 is 12.1. The molecule has 1 saturated heterocycles. The van der Waals surface area contributed by atoms with E-state index in [1.54, 1.807) is 12.1 Å². The maximum atomic E-state index is 13.0. The predicted molar refractivity (Wildman–Crippen MR) is 122 cm³/mol. The second kappa shape index (κ2) is 9.47. The second-order valence-corrected chi connectivity index (χ2v) is 10.6. The SMILES string of the molecule is C[C@@H](NC(=O)C1CCN(S(=O)(=O)c2cccc(Cl)c2Cl)CC1)c1ccc2c(c1)OCCO2. The van der Waals surface area contributed by atoms with E-state index in [-0.39, 0.29) is 45.9 Å². The van der Waals surface area contributed by atoms with Crippen LogP contribution in [-0.4, -0.2) is 44.9 Å². The molecule has 172 valence electrons. The Morgan fingerprint density at radius 2 is 1.78 bits per heavy atom. The van der Waals surface area contributed by atoms with Crippen LogP contribution in [0.5, 0.6) is 11.5 Å². The molecule has 0 bridgehead atoms. The number of hydrogen-bond acceptors (Lipinski definition) is 5. The van der Waals surface area contributed by atoms with Gasteiger partial charge in [-0.15, -0.1) is 0 Å². The lowest BCUT2D eigenvalue weighted by Gasteiger charge is -2.31. The molecule has 0 spiro atoms. The Morgan fingerprint density at radius 3 is 2.50 bits per heavy atom. The molecular formula is C22H24Cl2N2O5S. The summed E-state index contributed by atoms with van der Waals surface area (Å²) in [6.07, 6.45) is 0.855. The van der Waals surface area contributed by atoms with Crippen molar-refractivity contribution in [2.45, 2.75) is 30.7 Å². The first kappa shape index (κ1) is 23.2. The zero-order valence-electron chi connectivity index (χ0n) is 17.5. The molecule has 0 aromatic heterocycles. The number of piperidine rings is 1. The molecule has 1 amide bonds. The molecule has 2 aromatic rings. The van der Waals surface area contributed by atoms with Gasteiger partial charge in [0.1, 0.15) is 18.1 Å². The Bertz CT molecular complexity index is 1120. The molecule has 4 rings (SSSR count). The van der Waals surface area contributed by atoms with Crippen LogP contribution in [0.1, 0.15) is 31.4 Å². The van der Waals surface area contributed by atoms with Crippen molar-refractivity contribution in [2.24, 2.45) is 5.92 Å². The summed E-state index contributed by atoms with van der Waals surface area (Å²) in [4.78, 5) is 12.8. The quantitative estimate of drug-likeness (QED) is 0.672.